The summed E-state index contributed by atoms with van der Waals surface area (Å²) < 4.78 is 37.8. The number of ether oxygens (including phenoxy) is 2. The van der Waals surface area contributed by atoms with Gasteiger partial charge in [0.1, 0.15) is 0 Å². The highest BCUT2D eigenvalue weighted by atomic mass is 32.2. The Hall–Kier alpha value is -2.58. The molecule has 0 radical (unpaired) electrons. The lowest BCUT2D eigenvalue weighted by molar-refractivity contribution is -0.114. The van der Waals surface area contributed by atoms with Gasteiger partial charge in [-0.15, -0.1) is 0 Å². The highest BCUT2D eigenvalue weighted by molar-refractivity contribution is 7.89. The largest absolute Gasteiger partial charge is 0.454 e. The van der Waals surface area contributed by atoms with E-state index in [1.165, 1.54) is 23.4 Å². The van der Waals surface area contributed by atoms with Crippen LogP contribution >= 0.6 is 0 Å². The van der Waals surface area contributed by atoms with Crippen LogP contribution in [0, 0.1) is 0 Å². The van der Waals surface area contributed by atoms with Crippen LogP contribution < -0.4 is 14.8 Å². The van der Waals surface area contributed by atoms with Crippen LogP contribution in [0.15, 0.2) is 47.4 Å². The van der Waals surface area contributed by atoms with E-state index in [0.717, 1.165) is 5.56 Å². The predicted octanol–water partition coefficient (Wildman–Crippen LogP) is 2.58. The minimum absolute atomic E-state index is 0.175. The SMILES string of the molecule is CCN(Cc1ccc2c(c1)OCO2)S(=O)(=O)c1ccc(NC(C)=O)cc1. The summed E-state index contributed by atoms with van der Waals surface area (Å²) in [4.78, 5) is 11.3. The maximum atomic E-state index is 12.9. The van der Waals surface area contributed by atoms with Gasteiger partial charge in [-0.05, 0) is 42.0 Å². The van der Waals surface area contributed by atoms with Gasteiger partial charge in [0.05, 0.1) is 4.90 Å². The van der Waals surface area contributed by atoms with E-state index in [4.69, 9.17) is 9.47 Å². The third-order valence-corrected chi connectivity index (χ3v) is 5.90. The molecule has 2 aromatic rings. The van der Waals surface area contributed by atoms with Crippen LogP contribution in [0.25, 0.3) is 0 Å². The van der Waals surface area contributed by atoms with Gasteiger partial charge in [0, 0.05) is 25.7 Å². The second-order valence-corrected chi connectivity index (χ2v) is 7.76. The summed E-state index contributed by atoms with van der Waals surface area (Å²) in [5, 5.41) is 2.62. The van der Waals surface area contributed by atoms with Crippen LogP contribution in [0.5, 0.6) is 11.5 Å². The van der Waals surface area contributed by atoms with Crippen LogP contribution in [0.4, 0.5) is 5.69 Å². The highest BCUT2D eigenvalue weighted by Crippen LogP contribution is 2.33. The van der Waals surface area contributed by atoms with Crippen LogP contribution in [0.3, 0.4) is 0 Å². The van der Waals surface area contributed by atoms with Gasteiger partial charge < -0.3 is 14.8 Å². The van der Waals surface area contributed by atoms with Crippen molar-refractivity contribution < 1.29 is 22.7 Å². The molecule has 0 unspecified atom stereocenters. The number of hydrogen-bond donors (Lipinski definition) is 1. The van der Waals surface area contributed by atoms with Crippen LogP contribution in [0.1, 0.15) is 19.4 Å². The molecule has 0 aromatic heterocycles. The number of nitrogens with zero attached hydrogens (tertiary/aromatic N) is 1. The van der Waals surface area contributed by atoms with Crippen molar-refractivity contribution in [2.45, 2.75) is 25.3 Å². The first-order valence-corrected chi connectivity index (χ1v) is 9.60. The summed E-state index contributed by atoms with van der Waals surface area (Å²) in [7, 11) is -3.66. The number of benzene rings is 2. The molecule has 1 amide bonds. The van der Waals surface area contributed by atoms with Gasteiger partial charge in [0.15, 0.2) is 11.5 Å². The Kier molecular flexibility index (Phi) is 5.15. The fraction of sp³-hybridized carbons (Fsp3) is 0.278. The number of rotatable bonds is 6. The molecule has 0 fully saturated rings. The Morgan fingerprint density at radius 1 is 1.12 bits per heavy atom. The molecule has 138 valence electrons. The minimum atomic E-state index is -3.66. The van der Waals surface area contributed by atoms with Gasteiger partial charge in [-0.2, -0.15) is 4.31 Å². The third-order valence-electron chi connectivity index (χ3n) is 3.96. The average molecular weight is 376 g/mol. The van der Waals surface area contributed by atoms with Crippen LogP contribution in [-0.2, 0) is 21.4 Å². The quantitative estimate of drug-likeness (QED) is 0.838. The zero-order valence-electron chi connectivity index (χ0n) is 14.6. The van der Waals surface area contributed by atoms with E-state index in [1.54, 1.807) is 31.2 Å². The molecule has 3 rings (SSSR count). The topological polar surface area (TPSA) is 84.9 Å². The van der Waals surface area contributed by atoms with Crippen LogP contribution in [0.2, 0.25) is 0 Å². The molecule has 8 heteroatoms. The summed E-state index contributed by atoms with van der Waals surface area (Å²) in [6, 6.07) is 11.5. The van der Waals surface area contributed by atoms with Gasteiger partial charge in [0.2, 0.25) is 22.7 Å². The van der Waals surface area contributed by atoms with E-state index in [9.17, 15) is 13.2 Å². The molecule has 0 saturated heterocycles. The molecular formula is C18H20N2O5S. The molecule has 0 saturated carbocycles. The number of anilines is 1. The zero-order valence-corrected chi connectivity index (χ0v) is 15.4. The first kappa shape index (κ1) is 18.2. The molecule has 0 atom stereocenters. The van der Waals surface area contributed by atoms with Crippen molar-refractivity contribution in [3.8, 4) is 11.5 Å². The van der Waals surface area contributed by atoms with Crippen molar-refractivity contribution in [2.75, 3.05) is 18.7 Å². The lowest BCUT2D eigenvalue weighted by Gasteiger charge is -2.21. The highest BCUT2D eigenvalue weighted by Gasteiger charge is 2.24. The summed E-state index contributed by atoms with van der Waals surface area (Å²) >= 11 is 0. The normalized spacial score (nSPS) is 13.0. The third kappa shape index (κ3) is 3.81. The number of nitrogens with one attached hydrogen (secondary N) is 1. The van der Waals surface area contributed by atoms with E-state index in [1.807, 2.05) is 6.07 Å². The van der Waals surface area contributed by atoms with Crippen molar-refractivity contribution in [3.05, 3.63) is 48.0 Å². The van der Waals surface area contributed by atoms with Gasteiger partial charge in [-0.3, -0.25) is 4.79 Å². The molecule has 7 nitrogen and oxygen atoms in total. The Labute approximate surface area is 152 Å². The van der Waals surface area contributed by atoms with E-state index in [0.29, 0.717) is 23.7 Å². The second kappa shape index (κ2) is 7.35. The monoisotopic (exact) mass is 376 g/mol. The van der Waals surface area contributed by atoms with Crippen molar-refractivity contribution in [1.82, 2.24) is 4.31 Å². The lowest BCUT2D eigenvalue weighted by atomic mass is 10.2. The fourth-order valence-corrected chi connectivity index (χ4v) is 4.11. The number of amides is 1. The van der Waals surface area contributed by atoms with E-state index in [-0.39, 0.29) is 24.1 Å². The molecule has 0 aliphatic carbocycles. The first-order chi connectivity index (χ1) is 12.4. The Morgan fingerprint density at radius 3 is 2.46 bits per heavy atom. The van der Waals surface area contributed by atoms with Crippen molar-refractivity contribution in [3.63, 3.8) is 0 Å². The van der Waals surface area contributed by atoms with Crippen molar-refractivity contribution in [1.29, 1.82) is 0 Å². The molecule has 1 heterocycles. The number of carbonyl (C=O) groups is 1. The molecule has 0 spiro atoms. The van der Waals surface area contributed by atoms with Gasteiger partial charge >= 0.3 is 0 Å². The standard InChI is InChI=1S/C18H20N2O5S/c1-3-20(11-14-4-9-17-18(10-14)25-12-24-17)26(22,23)16-7-5-15(6-8-16)19-13(2)21/h4-10H,3,11-12H2,1-2H3,(H,19,21). The molecular weight excluding hydrogens is 356 g/mol. The van der Waals surface area contributed by atoms with Gasteiger partial charge in [-0.1, -0.05) is 13.0 Å². The maximum Gasteiger partial charge on any atom is 0.243 e. The van der Waals surface area contributed by atoms with Gasteiger partial charge in [0.25, 0.3) is 0 Å². The van der Waals surface area contributed by atoms with E-state index >= 15 is 0 Å². The zero-order chi connectivity index (χ0) is 18.7. The summed E-state index contributed by atoms with van der Waals surface area (Å²) in [6.45, 7) is 3.91. The van der Waals surface area contributed by atoms with E-state index < -0.39 is 10.0 Å². The average Bonchev–Trinajstić information content (AvgIpc) is 3.07. The molecule has 1 aliphatic rings. The second-order valence-electron chi connectivity index (χ2n) is 5.82. The van der Waals surface area contributed by atoms with E-state index in [2.05, 4.69) is 5.32 Å². The molecule has 1 N–H and O–H groups in total. The van der Waals surface area contributed by atoms with Crippen molar-refractivity contribution in [2.24, 2.45) is 0 Å². The molecule has 0 bridgehead atoms. The fourth-order valence-electron chi connectivity index (χ4n) is 2.67. The minimum Gasteiger partial charge on any atom is -0.454 e. The number of fused-ring (bicyclic) bond motifs is 1. The Morgan fingerprint density at radius 2 is 1.81 bits per heavy atom. The number of hydrogen-bond acceptors (Lipinski definition) is 5. The predicted molar refractivity (Wildman–Crippen MR) is 96.6 cm³/mol. The van der Waals surface area contributed by atoms with Gasteiger partial charge in [-0.25, -0.2) is 8.42 Å². The molecule has 2 aromatic carbocycles. The van der Waals surface area contributed by atoms with Crippen molar-refractivity contribution >= 4 is 21.6 Å². The van der Waals surface area contributed by atoms with Crippen LogP contribution in [-0.4, -0.2) is 32.0 Å². The summed E-state index contributed by atoms with van der Waals surface area (Å²) in [5.41, 5.74) is 1.37. The first-order valence-electron chi connectivity index (χ1n) is 8.16. The maximum absolute atomic E-state index is 12.9. The summed E-state index contributed by atoms with van der Waals surface area (Å²) in [6.07, 6.45) is 0. The number of sulfonamides is 1. The molecule has 26 heavy (non-hydrogen) atoms. The smallest absolute Gasteiger partial charge is 0.243 e. The lowest BCUT2D eigenvalue weighted by Crippen LogP contribution is -2.30. The molecule has 1 aliphatic heterocycles. The Balaban J connectivity index is 1.80. The summed E-state index contributed by atoms with van der Waals surface area (Å²) in [5.74, 6) is 1.07. The number of carbonyl (C=O) groups excluding carboxylic acids is 1. The Bertz CT molecular complexity index is 910.